The van der Waals surface area contributed by atoms with Gasteiger partial charge in [-0.2, -0.15) is 0 Å². The van der Waals surface area contributed by atoms with Crippen LogP contribution < -0.4 is 16.8 Å². The second kappa shape index (κ2) is 7.08. The van der Waals surface area contributed by atoms with Gasteiger partial charge in [0.1, 0.15) is 6.04 Å². The standard InChI is InChI=1S/C12H21N3O4/c13-6-7-1-3-8(4-2-7)11(17)15-9(12(18)19)5-10(14)16/h7-9H,1-6,13H2,(H2,14,16)(H,15,17)(H,18,19). The molecule has 108 valence electrons. The van der Waals surface area contributed by atoms with Crippen LogP contribution in [-0.4, -0.2) is 35.5 Å². The molecular weight excluding hydrogens is 250 g/mol. The molecule has 1 fully saturated rings. The zero-order chi connectivity index (χ0) is 14.4. The van der Waals surface area contributed by atoms with Gasteiger partial charge in [-0.05, 0) is 38.1 Å². The molecule has 0 aromatic rings. The van der Waals surface area contributed by atoms with Gasteiger partial charge in [0.15, 0.2) is 0 Å². The van der Waals surface area contributed by atoms with Crippen molar-refractivity contribution in [3.05, 3.63) is 0 Å². The molecule has 1 aliphatic rings. The maximum absolute atomic E-state index is 11.9. The van der Waals surface area contributed by atoms with Gasteiger partial charge in [0, 0.05) is 5.92 Å². The van der Waals surface area contributed by atoms with Crippen LogP contribution in [0.4, 0.5) is 0 Å². The van der Waals surface area contributed by atoms with E-state index in [9.17, 15) is 14.4 Å². The quantitative estimate of drug-likeness (QED) is 0.501. The van der Waals surface area contributed by atoms with Crippen LogP contribution in [0.5, 0.6) is 0 Å². The van der Waals surface area contributed by atoms with Gasteiger partial charge >= 0.3 is 5.97 Å². The molecule has 0 bridgehead atoms. The number of rotatable bonds is 6. The van der Waals surface area contributed by atoms with Gasteiger partial charge in [0.05, 0.1) is 6.42 Å². The van der Waals surface area contributed by atoms with E-state index in [1.807, 2.05) is 0 Å². The molecule has 0 spiro atoms. The highest BCUT2D eigenvalue weighted by Gasteiger charge is 2.29. The Morgan fingerprint density at radius 2 is 1.79 bits per heavy atom. The first-order valence-electron chi connectivity index (χ1n) is 6.45. The molecule has 0 aliphatic heterocycles. The second-order valence-electron chi connectivity index (χ2n) is 5.02. The lowest BCUT2D eigenvalue weighted by molar-refractivity contribution is -0.144. The van der Waals surface area contributed by atoms with Crippen molar-refractivity contribution in [3.8, 4) is 0 Å². The summed E-state index contributed by atoms with van der Waals surface area (Å²) in [4.78, 5) is 33.6. The average molecular weight is 271 g/mol. The van der Waals surface area contributed by atoms with E-state index in [2.05, 4.69) is 5.32 Å². The summed E-state index contributed by atoms with van der Waals surface area (Å²) >= 11 is 0. The second-order valence-corrected chi connectivity index (χ2v) is 5.02. The van der Waals surface area contributed by atoms with Gasteiger partial charge in [-0.25, -0.2) is 4.79 Å². The zero-order valence-electron chi connectivity index (χ0n) is 10.8. The Hall–Kier alpha value is -1.63. The van der Waals surface area contributed by atoms with E-state index in [0.717, 1.165) is 12.8 Å². The maximum Gasteiger partial charge on any atom is 0.326 e. The summed E-state index contributed by atoms with van der Waals surface area (Å²) in [6, 6.07) is -1.24. The van der Waals surface area contributed by atoms with Crippen molar-refractivity contribution < 1.29 is 19.5 Å². The molecule has 0 saturated heterocycles. The van der Waals surface area contributed by atoms with Crippen LogP contribution in [0.1, 0.15) is 32.1 Å². The first-order chi connectivity index (χ1) is 8.93. The van der Waals surface area contributed by atoms with Gasteiger partial charge in [-0.1, -0.05) is 0 Å². The lowest BCUT2D eigenvalue weighted by Crippen LogP contribution is -2.46. The van der Waals surface area contributed by atoms with Crippen molar-refractivity contribution in [2.24, 2.45) is 23.3 Å². The van der Waals surface area contributed by atoms with Gasteiger partial charge in [0.25, 0.3) is 0 Å². The molecule has 1 rings (SSSR count). The van der Waals surface area contributed by atoms with Crippen molar-refractivity contribution in [2.75, 3.05) is 6.54 Å². The van der Waals surface area contributed by atoms with Gasteiger partial charge in [-0.15, -0.1) is 0 Å². The fourth-order valence-corrected chi connectivity index (χ4v) is 2.35. The summed E-state index contributed by atoms with van der Waals surface area (Å²) in [5.41, 5.74) is 10.5. The lowest BCUT2D eigenvalue weighted by atomic mass is 9.81. The van der Waals surface area contributed by atoms with Crippen LogP contribution in [0.15, 0.2) is 0 Å². The Morgan fingerprint density at radius 3 is 2.21 bits per heavy atom. The van der Waals surface area contributed by atoms with E-state index in [-0.39, 0.29) is 18.2 Å². The first-order valence-corrected chi connectivity index (χ1v) is 6.45. The highest BCUT2D eigenvalue weighted by atomic mass is 16.4. The van der Waals surface area contributed by atoms with Crippen LogP contribution in [-0.2, 0) is 14.4 Å². The number of amides is 2. The predicted molar refractivity (Wildman–Crippen MR) is 67.9 cm³/mol. The largest absolute Gasteiger partial charge is 0.480 e. The van der Waals surface area contributed by atoms with E-state index >= 15 is 0 Å². The van der Waals surface area contributed by atoms with Crippen LogP contribution in [0, 0.1) is 11.8 Å². The molecular formula is C12H21N3O4. The summed E-state index contributed by atoms with van der Waals surface area (Å²) in [7, 11) is 0. The minimum atomic E-state index is -1.25. The third-order valence-corrected chi connectivity index (χ3v) is 3.57. The van der Waals surface area contributed by atoms with Crippen molar-refractivity contribution >= 4 is 17.8 Å². The number of carbonyl (C=O) groups excluding carboxylic acids is 2. The summed E-state index contributed by atoms with van der Waals surface area (Å²) in [5.74, 6) is -2.06. The number of nitrogens with two attached hydrogens (primary N) is 2. The molecule has 1 unspecified atom stereocenters. The third kappa shape index (κ3) is 4.86. The number of carboxylic acids is 1. The number of hydrogen-bond acceptors (Lipinski definition) is 4. The normalized spacial score (nSPS) is 24.5. The highest BCUT2D eigenvalue weighted by Crippen LogP contribution is 2.28. The van der Waals surface area contributed by atoms with E-state index in [1.54, 1.807) is 0 Å². The molecule has 0 radical (unpaired) electrons. The number of primary amides is 1. The van der Waals surface area contributed by atoms with Crippen molar-refractivity contribution in [3.63, 3.8) is 0 Å². The van der Waals surface area contributed by atoms with Crippen molar-refractivity contribution in [2.45, 2.75) is 38.1 Å². The van der Waals surface area contributed by atoms with Gasteiger partial charge < -0.3 is 21.9 Å². The van der Waals surface area contributed by atoms with Crippen LogP contribution in [0.25, 0.3) is 0 Å². The lowest BCUT2D eigenvalue weighted by Gasteiger charge is -2.27. The Morgan fingerprint density at radius 1 is 1.21 bits per heavy atom. The van der Waals surface area contributed by atoms with Crippen molar-refractivity contribution in [1.82, 2.24) is 5.32 Å². The molecule has 1 aliphatic carbocycles. The minimum absolute atomic E-state index is 0.197. The smallest absolute Gasteiger partial charge is 0.326 e. The summed E-state index contributed by atoms with van der Waals surface area (Å²) in [5, 5.41) is 11.3. The molecule has 0 aromatic heterocycles. The molecule has 0 aromatic carbocycles. The number of aliphatic carboxylic acids is 1. The molecule has 7 nitrogen and oxygen atoms in total. The molecule has 6 N–H and O–H groups in total. The average Bonchev–Trinajstić information content (AvgIpc) is 2.37. The first kappa shape index (κ1) is 15.4. The fraction of sp³-hybridized carbons (Fsp3) is 0.750. The Labute approximate surface area is 111 Å². The monoisotopic (exact) mass is 271 g/mol. The number of nitrogens with one attached hydrogen (secondary N) is 1. The summed E-state index contributed by atoms with van der Waals surface area (Å²) < 4.78 is 0. The van der Waals surface area contributed by atoms with Gasteiger partial charge in [-0.3, -0.25) is 9.59 Å². The van der Waals surface area contributed by atoms with E-state index in [1.165, 1.54) is 0 Å². The SMILES string of the molecule is NCC1CCC(C(=O)NC(CC(N)=O)C(=O)O)CC1. The summed E-state index contributed by atoms with van der Waals surface area (Å²) in [6.45, 7) is 0.619. The highest BCUT2D eigenvalue weighted by molar-refractivity contribution is 5.88. The molecule has 0 heterocycles. The predicted octanol–water partition coefficient (Wildman–Crippen LogP) is -0.804. The Kier molecular flexibility index (Phi) is 5.75. The van der Waals surface area contributed by atoms with Crippen molar-refractivity contribution in [1.29, 1.82) is 0 Å². The maximum atomic E-state index is 11.9. The molecule has 7 heteroatoms. The topological polar surface area (TPSA) is 136 Å². The minimum Gasteiger partial charge on any atom is -0.480 e. The van der Waals surface area contributed by atoms with Crippen LogP contribution >= 0.6 is 0 Å². The Balaban J connectivity index is 2.48. The van der Waals surface area contributed by atoms with Crippen LogP contribution in [0.3, 0.4) is 0 Å². The number of hydrogen-bond donors (Lipinski definition) is 4. The van der Waals surface area contributed by atoms with Gasteiger partial charge in [0.2, 0.25) is 11.8 Å². The third-order valence-electron chi connectivity index (χ3n) is 3.57. The fourth-order valence-electron chi connectivity index (χ4n) is 2.35. The summed E-state index contributed by atoms with van der Waals surface area (Å²) in [6.07, 6.45) is 2.77. The molecule has 1 atom stereocenters. The van der Waals surface area contributed by atoms with E-state index < -0.39 is 17.9 Å². The molecule has 19 heavy (non-hydrogen) atoms. The van der Waals surface area contributed by atoms with Crippen LogP contribution in [0.2, 0.25) is 0 Å². The van der Waals surface area contributed by atoms with E-state index in [4.69, 9.17) is 16.6 Å². The van der Waals surface area contributed by atoms with E-state index in [0.29, 0.717) is 25.3 Å². The zero-order valence-corrected chi connectivity index (χ0v) is 10.8. The number of carbonyl (C=O) groups is 3. The number of carboxylic acid groups (broad SMARTS) is 1. The molecule has 1 saturated carbocycles. The Bertz CT molecular complexity index is 351. The molecule has 2 amide bonds.